The van der Waals surface area contributed by atoms with Gasteiger partial charge in [0, 0.05) is 18.5 Å². The molecule has 0 saturated carbocycles. The second-order valence-corrected chi connectivity index (χ2v) is 4.01. The predicted molar refractivity (Wildman–Crippen MR) is 72.8 cm³/mol. The van der Waals surface area contributed by atoms with E-state index in [1.54, 1.807) is 0 Å². The molecule has 4 heteroatoms. The third-order valence-electron chi connectivity index (χ3n) is 2.61. The van der Waals surface area contributed by atoms with Crippen molar-refractivity contribution in [1.82, 2.24) is 4.98 Å². The summed E-state index contributed by atoms with van der Waals surface area (Å²) in [5.74, 6) is 0.885. The van der Waals surface area contributed by atoms with Crippen LogP contribution in [-0.4, -0.2) is 36.5 Å². The zero-order valence-electron chi connectivity index (χ0n) is 10.3. The molecule has 18 heavy (non-hydrogen) atoms. The van der Waals surface area contributed by atoms with Crippen LogP contribution in [0.4, 0.5) is 5.82 Å². The zero-order valence-corrected chi connectivity index (χ0v) is 10.3. The van der Waals surface area contributed by atoms with Gasteiger partial charge in [-0.2, -0.15) is 0 Å². The maximum Gasteiger partial charge on any atom is 0.126 e. The summed E-state index contributed by atoms with van der Waals surface area (Å²) in [5, 5.41) is 13.0. The van der Waals surface area contributed by atoms with Gasteiger partial charge in [-0.3, -0.25) is 0 Å². The molecule has 1 aromatic heterocycles. The Morgan fingerprint density at radius 2 is 2.00 bits per heavy atom. The number of benzene rings is 1. The van der Waals surface area contributed by atoms with Crippen molar-refractivity contribution in [3.8, 4) is 0 Å². The molecule has 0 saturated heterocycles. The van der Waals surface area contributed by atoms with E-state index in [4.69, 9.17) is 9.84 Å². The molecule has 0 aliphatic carbocycles. The van der Waals surface area contributed by atoms with E-state index in [0.29, 0.717) is 13.2 Å². The summed E-state index contributed by atoms with van der Waals surface area (Å²) in [6.45, 7) is 1.96. The standard InChI is InChI=1S/C14H18N2O2/c17-9-11-18-10-3-8-15-14-7-6-12-4-1-2-5-13(12)16-14/h1-2,4-7,17H,3,8-11H2,(H,15,16). The monoisotopic (exact) mass is 246 g/mol. The van der Waals surface area contributed by atoms with Crippen LogP contribution in [0.5, 0.6) is 0 Å². The molecule has 0 amide bonds. The van der Waals surface area contributed by atoms with Crippen LogP contribution in [0.25, 0.3) is 10.9 Å². The van der Waals surface area contributed by atoms with Crippen LogP contribution >= 0.6 is 0 Å². The Bertz CT molecular complexity index is 488. The van der Waals surface area contributed by atoms with Crippen LogP contribution < -0.4 is 5.32 Å². The average Bonchev–Trinajstić information content (AvgIpc) is 2.42. The SMILES string of the molecule is OCCOCCCNc1ccc2ccccc2n1. The van der Waals surface area contributed by atoms with E-state index in [0.717, 1.165) is 29.7 Å². The van der Waals surface area contributed by atoms with E-state index >= 15 is 0 Å². The van der Waals surface area contributed by atoms with Crippen LogP contribution in [-0.2, 0) is 4.74 Å². The topological polar surface area (TPSA) is 54.4 Å². The lowest BCUT2D eigenvalue weighted by Gasteiger charge is -2.06. The maximum atomic E-state index is 8.55. The minimum absolute atomic E-state index is 0.0830. The summed E-state index contributed by atoms with van der Waals surface area (Å²) < 4.78 is 5.18. The van der Waals surface area contributed by atoms with Gasteiger partial charge in [-0.25, -0.2) is 4.98 Å². The van der Waals surface area contributed by atoms with Gasteiger partial charge in [-0.05, 0) is 24.6 Å². The lowest BCUT2D eigenvalue weighted by atomic mass is 10.2. The number of para-hydroxylation sites is 1. The smallest absolute Gasteiger partial charge is 0.126 e. The van der Waals surface area contributed by atoms with Crippen molar-refractivity contribution in [2.45, 2.75) is 6.42 Å². The molecular formula is C14H18N2O2. The number of nitrogens with one attached hydrogen (secondary N) is 1. The number of nitrogens with zero attached hydrogens (tertiary/aromatic N) is 1. The fraction of sp³-hybridized carbons (Fsp3) is 0.357. The fourth-order valence-corrected chi connectivity index (χ4v) is 1.72. The lowest BCUT2D eigenvalue weighted by Crippen LogP contribution is -2.08. The quantitative estimate of drug-likeness (QED) is 0.734. The van der Waals surface area contributed by atoms with E-state index in [-0.39, 0.29) is 6.61 Å². The molecule has 0 fully saturated rings. The minimum atomic E-state index is 0.0830. The molecule has 2 aromatic rings. The molecule has 0 radical (unpaired) electrons. The highest BCUT2D eigenvalue weighted by Gasteiger charge is 1.96. The van der Waals surface area contributed by atoms with Crippen LogP contribution in [0.15, 0.2) is 36.4 Å². The third-order valence-corrected chi connectivity index (χ3v) is 2.61. The molecule has 96 valence electrons. The van der Waals surface area contributed by atoms with E-state index in [2.05, 4.69) is 22.4 Å². The molecule has 0 spiro atoms. The van der Waals surface area contributed by atoms with Gasteiger partial charge >= 0.3 is 0 Å². The molecule has 4 nitrogen and oxygen atoms in total. The number of aromatic nitrogens is 1. The number of fused-ring (bicyclic) bond motifs is 1. The lowest BCUT2D eigenvalue weighted by molar-refractivity contribution is 0.0922. The Kier molecular flexibility index (Phi) is 4.93. The first-order valence-electron chi connectivity index (χ1n) is 6.18. The molecule has 1 aromatic carbocycles. The highest BCUT2D eigenvalue weighted by atomic mass is 16.5. The van der Waals surface area contributed by atoms with Crippen molar-refractivity contribution in [1.29, 1.82) is 0 Å². The summed E-state index contributed by atoms with van der Waals surface area (Å²) in [6.07, 6.45) is 0.897. The van der Waals surface area contributed by atoms with E-state index in [1.807, 2.05) is 24.3 Å². The molecular weight excluding hydrogens is 228 g/mol. The number of anilines is 1. The van der Waals surface area contributed by atoms with Crippen molar-refractivity contribution < 1.29 is 9.84 Å². The van der Waals surface area contributed by atoms with Gasteiger partial charge in [0.2, 0.25) is 0 Å². The van der Waals surface area contributed by atoms with Gasteiger partial charge in [0.05, 0.1) is 18.7 Å². The third kappa shape index (κ3) is 3.68. The summed E-state index contributed by atoms with van der Waals surface area (Å²) in [4.78, 5) is 4.52. The molecule has 1 heterocycles. The first-order chi connectivity index (χ1) is 8.90. The normalized spacial score (nSPS) is 10.7. The highest BCUT2D eigenvalue weighted by molar-refractivity contribution is 5.79. The average molecular weight is 246 g/mol. The number of ether oxygens (including phenoxy) is 1. The number of pyridine rings is 1. The second-order valence-electron chi connectivity index (χ2n) is 4.01. The summed E-state index contributed by atoms with van der Waals surface area (Å²) in [6, 6.07) is 12.1. The largest absolute Gasteiger partial charge is 0.394 e. The fourth-order valence-electron chi connectivity index (χ4n) is 1.72. The molecule has 2 N–H and O–H groups in total. The zero-order chi connectivity index (χ0) is 12.6. The van der Waals surface area contributed by atoms with Crippen molar-refractivity contribution >= 4 is 16.7 Å². The van der Waals surface area contributed by atoms with E-state index < -0.39 is 0 Å². The summed E-state index contributed by atoms with van der Waals surface area (Å²) in [5.41, 5.74) is 0.999. The minimum Gasteiger partial charge on any atom is -0.394 e. The Morgan fingerprint density at radius 1 is 1.11 bits per heavy atom. The molecule has 0 aliphatic heterocycles. The summed E-state index contributed by atoms with van der Waals surface area (Å²) in [7, 11) is 0. The van der Waals surface area contributed by atoms with E-state index in [9.17, 15) is 0 Å². The Hall–Kier alpha value is -1.65. The van der Waals surface area contributed by atoms with Gasteiger partial charge in [-0.1, -0.05) is 18.2 Å². The molecule has 0 unspecified atom stereocenters. The van der Waals surface area contributed by atoms with Crippen LogP contribution in [0.1, 0.15) is 6.42 Å². The summed E-state index contributed by atoms with van der Waals surface area (Å²) >= 11 is 0. The number of rotatable bonds is 7. The van der Waals surface area contributed by atoms with Gasteiger partial charge in [0.1, 0.15) is 5.82 Å². The van der Waals surface area contributed by atoms with Crippen LogP contribution in [0.2, 0.25) is 0 Å². The first kappa shape index (κ1) is 12.8. The number of aliphatic hydroxyl groups is 1. The number of hydrogen-bond acceptors (Lipinski definition) is 4. The second kappa shape index (κ2) is 6.93. The maximum absolute atomic E-state index is 8.55. The van der Waals surface area contributed by atoms with Crippen LogP contribution in [0.3, 0.4) is 0 Å². The predicted octanol–water partition coefficient (Wildman–Crippen LogP) is 2.05. The van der Waals surface area contributed by atoms with Crippen LogP contribution in [0, 0.1) is 0 Å². The Morgan fingerprint density at radius 3 is 2.89 bits per heavy atom. The molecule has 2 rings (SSSR count). The highest BCUT2D eigenvalue weighted by Crippen LogP contribution is 2.14. The van der Waals surface area contributed by atoms with Crippen molar-refractivity contribution in [3.63, 3.8) is 0 Å². The van der Waals surface area contributed by atoms with Crippen molar-refractivity contribution in [2.24, 2.45) is 0 Å². The van der Waals surface area contributed by atoms with Gasteiger partial charge in [-0.15, -0.1) is 0 Å². The van der Waals surface area contributed by atoms with Gasteiger partial charge in [0.25, 0.3) is 0 Å². The number of aliphatic hydroxyl groups excluding tert-OH is 1. The Labute approximate surface area is 107 Å². The van der Waals surface area contributed by atoms with Crippen molar-refractivity contribution in [2.75, 3.05) is 31.7 Å². The number of hydrogen-bond donors (Lipinski definition) is 2. The van der Waals surface area contributed by atoms with E-state index in [1.165, 1.54) is 0 Å². The van der Waals surface area contributed by atoms with Crippen molar-refractivity contribution in [3.05, 3.63) is 36.4 Å². The van der Waals surface area contributed by atoms with Gasteiger partial charge < -0.3 is 15.2 Å². The molecule has 0 aliphatic rings. The Balaban J connectivity index is 1.81. The van der Waals surface area contributed by atoms with Gasteiger partial charge in [0.15, 0.2) is 0 Å². The first-order valence-corrected chi connectivity index (χ1v) is 6.18. The molecule has 0 bridgehead atoms. The molecule has 0 atom stereocenters.